The second-order valence-electron chi connectivity index (χ2n) is 5.02. The van der Waals surface area contributed by atoms with Crippen molar-refractivity contribution < 1.29 is 0 Å². The molecule has 1 aliphatic carbocycles. The van der Waals surface area contributed by atoms with Gasteiger partial charge in [0.15, 0.2) is 0 Å². The first kappa shape index (κ1) is 11.7. The Morgan fingerprint density at radius 3 is 2.73 bits per heavy atom. The summed E-state index contributed by atoms with van der Waals surface area (Å²) >= 11 is 2.14. The molecule has 2 rings (SSSR count). The Morgan fingerprint density at radius 2 is 2.13 bits per heavy atom. The van der Waals surface area contributed by atoms with Gasteiger partial charge < -0.3 is 5.32 Å². The predicted molar refractivity (Wildman–Crippen MR) is 68.5 cm³/mol. The van der Waals surface area contributed by atoms with Crippen molar-refractivity contribution in [3.05, 3.63) is 0 Å². The zero-order valence-electron chi connectivity index (χ0n) is 10.2. The summed E-state index contributed by atoms with van der Waals surface area (Å²) in [6.45, 7) is 7.30. The molecule has 0 aromatic rings. The van der Waals surface area contributed by atoms with Gasteiger partial charge in [-0.2, -0.15) is 11.8 Å². The van der Waals surface area contributed by atoms with Crippen molar-refractivity contribution in [2.24, 2.45) is 5.92 Å². The maximum Gasteiger partial charge on any atom is 0.0187 e. The summed E-state index contributed by atoms with van der Waals surface area (Å²) in [4.78, 5) is 2.77. The summed E-state index contributed by atoms with van der Waals surface area (Å²) in [5.41, 5.74) is 0. The van der Waals surface area contributed by atoms with Gasteiger partial charge in [0.2, 0.25) is 0 Å². The van der Waals surface area contributed by atoms with E-state index in [0.29, 0.717) is 0 Å². The molecular weight excluding hydrogens is 204 g/mol. The second kappa shape index (κ2) is 5.07. The third-order valence-electron chi connectivity index (χ3n) is 4.20. The van der Waals surface area contributed by atoms with E-state index in [4.69, 9.17) is 0 Å². The molecule has 1 heterocycles. The van der Waals surface area contributed by atoms with E-state index in [1.807, 2.05) is 0 Å². The average Bonchev–Trinajstić information content (AvgIpc) is 2.20. The third kappa shape index (κ3) is 2.34. The Hall–Kier alpha value is 0.270. The summed E-state index contributed by atoms with van der Waals surface area (Å²) in [6, 6.07) is 1.64. The van der Waals surface area contributed by atoms with Gasteiger partial charge in [0, 0.05) is 29.6 Å². The minimum absolute atomic E-state index is 0.772. The van der Waals surface area contributed by atoms with Crippen LogP contribution in [-0.4, -0.2) is 48.1 Å². The maximum absolute atomic E-state index is 3.33. The molecule has 1 saturated heterocycles. The van der Waals surface area contributed by atoms with Crippen LogP contribution in [0.2, 0.25) is 0 Å². The fourth-order valence-corrected chi connectivity index (χ4v) is 4.04. The van der Waals surface area contributed by atoms with Gasteiger partial charge >= 0.3 is 0 Å². The quantitative estimate of drug-likeness (QED) is 0.793. The lowest BCUT2D eigenvalue weighted by Gasteiger charge is -2.50. The molecule has 2 fully saturated rings. The van der Waals surface area contributed by atoms with Crippen molar-refractivity contribution in [1.29, 1.82) is 0 Å². The van der Waals surface area contributed by atoms with Gasteiger partial charge in [-0.25, -0.2) is 0 Å². The van der Waals surface area contributed by atoms with Gasteiger partial charge in [0.1, 0.15) is 0 Å². The van der Waals surface area contributed by atoms with E-state index in [9.17, 15) is 0 Å². The van der Waals surface area contributed by atoms with Crippen molar-refractivity contribution in [3.63, 3.8) is 0 Å². The lowest BCUT2D eigenvalue weighted by Crippen LogP contribution is -2.57. The first-order valence-electron chi connectivity index (χ1n) is 6.26. The highest BCUT2D eigenvalue weighted by molar-refractivity contribution is 8.00. The number of nitrogens with zero attached hydrogens (tertiary/aromatic N) is 1. The molecule has 2 aliphatic rings. The normalized spacial score (nSPS) is 42.6. The summed E-state index contributed by atoms with van der Waals surface area (Å²) < 4.78 is 0. The monoisotopic (exact) mass is 228 g/mol. The molecule has 15 heavy (non-hydrogen) atoms. The van der Waals surface area contributed by atoms with E-state index in [1.54, 1.807) is 0 Å². The van der Waals surface area contributed by atoms with Gasteiger partial charge in [-0.3, -0.25) is 4.90 Å². The van der Waals surface area contributed by atoms with Crippen LogP contribution in [0.4, 0.5) is 0 Å². The van der Waals surface area contributed by atoms with E-state index in [2.05, 4.69) is 42.9 Å². The van der Waals surface area contributed by atoms with Crippen LogP contribution in [0.1, 0.15) is 26.7 Å². The lowest BCUT2D eigenvalue weighted by molar-refractivity contribution is 0.0359. The minimum atomic E-state index is 0.772. The Labute approximate surface area is 98.2 Å². The predicted octanol–water partition coefficient (Wildman–Crippen LogP) is 1.81. The zero-order chi connectivity index (χ0) is 10.8. The van der Waals surface area contributed by atoms with Crippen LogP contribution in [-0.2, 0) is 0 Å². The maximum atomic E-state index is 3.33. The number of nitrogens with one attached hydrogen (secondary N) is 1. The SMILES string of the molecule is CNCC1CCC1N1CCSC(C)C1C. The smallest absolute Gasteiger partial charge is 0.0187 e. The van der Waals surface area contributed by atoms with E-state index >= 15 is 0 Å². The summed E-state index contributed by atoms with van der Waals surface area (Å²) in [6.07, 6.45) is 2.85. The molecular formula is C12H24N2S. The van der Waals surface area contributed by atoms with Crippen molar-refractivity contribution in [1.82, 2.24) is 10.2 Å². The van der Waals surface area contributed by atoms with Crippen LogP contribution in [0, 0.1) is 5.92 Å². The topological polar surface area (TPSA) is 15.3 Å². The van der Waals surface area contributed by atoms with Crippen molar-refractivity contribution in [2.75, 3.05) is 25.9 Å². The molecule has 1 aliphatic heterocycles. The average molecular weight is 228 g/mol. The molecule has 0 amide bonds. The molecule has 0 spiro atoms. The Morgan fingerprint density at radius 1 is 1.33 bits per heavy atom. The first-order valence-corrected chi connectivity index (χ1v) is 7.31. The lowest BCUT2D eigenvalue weighted by atomic mass is 9.77. The van der Waals surface area contributed by atoms with E-state index in [0.717, 1.165) is 23.3 Å². The van der Waals surface area contributed by atoms with E-state index in [1.165, 1.54) is 31.7 Å². The number of thioether (sulfide) groups is 1. The molecule has 0 radical (unpaired) electrons. The highest BCUT2D eigenvalue weighted by atomic mass is 32.2. The van der Waals surface area contributed by atoms with Crippen molar-refractivity contribution >= 4 is 11.8 Å². The fourth-order valence-electron chi connectivity index (χ4n) is 2.91. The molecule has 0 aromatic carbocycles. The Kier molecular flexibility index (Phi) is 3.97. The molecule has 1 saturated carbocycles. The van der Waals surface area contributed by atoms with Crippen molar-refractivity contribution in [3.8, 4) is 0 Å². The van der Waals surface area contributed by atoms with Gasteiger partial charge in [0.05, 0.1) is 0 Å². The van der Waals surface area contributed by atoms with Gasteiger partial charge in [0.25, 0.3) is 0 Å². The van der Waals surface area contributed by atoms with Crippen molar-refractivity contribution in [2.45, 2.75) is 44.0 Å². The van der Waals surface area contributed by atoms with Crippen LogP contribution in [0.15, 0.2) is 0 Å². The van der Waals surface area contributed by atoms with Gasteiger partial charge in [-0.1, -0.05) is 6.92 Å². The largest absolute Gasteiger partial charge is 0.319 e. The second-order valence-corrected chi connectivity index (χ2v) is 6.50. The van der Waals surface area contributed by atoms with Crippen LogP contribution in [0.3, 0.4) is 0 Å². The third-order valence-corrected chi connectivity index (χ3v) is 5.54. The molecule has 3 heteroatoms. The number of rotatable bonds is 3. The van der Waals surface area contributed by atoms with Crippen LogP contribution < -0.4 is 5.32 Å². The fraction of sp³-hybridized carbons (Fsp3) is 1.00. The van der Waals surface area contributed by atoms with Crippen LogP contribution >= 0.6 is 11.8 Å². The number of hydrogen-bond acceptors (Lipinski definition) is 3. The molecule has 4 unspecified atom stereocenters. The van der Waals surface area contributed by atoms with E-state index in [-0.39, 0.29) is 0 Å². The van der Waals surface area contributed by atoms with E-state index < -0.39 is 0 Å². The standard InChI is InChI=1S/C12H24N2S/c1-9-10(2)15-7-6-14(9)12-5-4-11(12)8-13-3/h9-13H,4-8H2,1-3H3. The molecule has 2 nitrogen and oxygen atoms in total. The highest BCUT2D eigenvalue weighted by Crippen LogP contribution is 2.36. The highest BCUT2D eigenvalue weighted by Gasteiger charge is 2.39. The summed E-state index contributed by atoms with van der Waals surface area (Å²) in [5, 5.41) is 4.15. The van der Waals surface area contributed by atoms with Gasteiger partial charge in [-0.15, -0.1) is 0 Å². The Bertz CT molecular complexity index is 210. The van der Waals surface area contributed by atoms with Crippen LogP contribution in [0.25, 0.3) is 0 Å². The van der Waals surface area contributed by atoms with Gasteiger partial charge in [-0.05, 0) is 39.3 Å². The summed E-state index contributed by atoms with van der Waals surface area (Å²) in [7, 11) is 2.08. The number of hydrogen-bond donors (Lipinski definition) is 1. The molecule has 88 valence electrons. The zero-order valence-corrected chi connectivity index (χ0v) is 11.0. The molecule has 0 bridgehead atoms. The molecule has 0 aromatic heterocycles. The Balaban J connectivity index is 1.91. The molecule has 1 N–H and O–H groups in total. The van der Waals surface area contributed by atoms with Crippen LogP contribution in [0.5, 0.6) is 0 Å². The minimum Gasteiger partial charge on any atom is -0.319 e. The summed E-state index contributed by atoms with van der Waals surface area (Å²) in [5.74, 6) is 2.24. The molecule has 4 atom stereocenters. The first-order chi connectivity index (χ1) is 7.24.